The van der Waals surface area contributed by atoms with Crippen LogP contribution in [-0.4, -0.2) is 86.8 Å². The van der Waals surface area contributed by atoms with Crippen molar-refractivity contribution in [3.8, 4) is 0 Å². The Kier molecular flexibility index (Phi) is 5.83. The molecule has 136 valence electrons. The zero-order valence-electron chi connectivity index (χ0n) is 16.6. The van der Waals surface area contributed by atoms with Crippen molar-refractivity contribution in [2.24, 2.45) is 0 Å². The molecule has 0 fully saturated rings. The number of aromatic nitrogens is 6. The molecule has 0 saturated carbocycles. The minimum Gasteiger partial charge on any atom is -0.375 e. The molecule has 0 bridgehead atoms. The van der Waals surface area contributed by atoms with Crippen molar-refractivity contribution in [2.45, 2.75) is 13.8 Å². The van der Waals surface area contributed by atoms with Crippen LogP contribution in [0.15, 0.2) is 0 Å². The highest BCUT2D eigenvalue weighted by Crippen LogP contribution is 2.16. The maximum Gasteiger partial charge on any atom is 0.315 e. The molecule has 0 aliphatic heterocycles. The van der Waals surface area contributed by atoms with Gasteiger partial charge in [-0.25, -0.2) is 0 Å². The van der Waals surface area contributed by atoms with E-state index in [1.54, 1.807) is 9.62 Å². The van der Waals surface area contributed by atoms with Gasteiger partial charge in [0.15, 0.2) is 0 Å². The first kappa shape index (κ1) is 19.7. The van der Waals surface area contributed by atoms with Gasteiger partial charge in [-0.15, -0.1) is 0 Å². The van der Waals surface area contributed by atoms with Crippen LogP contribution in [0.5, 0.6) is 0 Å². The van der Waals surface area contributed by atoms with E-state index in [1.165, 1.54) is 0 Å². The lowest BCUT2D eigenvalue weighted by Gasteiger charge is -2.31. The molecule has 12 heteroatoms. The summed E-state index contributed by atoms with van der Waals surface area (Å²) in [5, 5.41) is 0. The van der Waals surface area contributed by atoms with Crippen LogP contribution >= 0.6 is 0 Å². The van der Waals surface area contributed by atoms with Crippen LogP contribution in [0.4, 0.5) is 23.8 Å². The molecule has 0 aromatic carbocycles. The lowest BCUT2D eigenvalue weighted by atomic mass is 9.50. The van der Waals surface area contributed by atoms with Crippen LogP contribution in [0.3, 0.4) is 0 Å². The molecule has 0 amide bonds. The lowest BCUT2D eigenvalue weighted by molar-refractivity contribution is 0.894. The molecule has 0 atom stereocenters. The van der Waals surface area contributed by atoms with Gasteiger partial charge >= 0.3 is 6.87 Å². The van der Waals surface area contributed by atoms with E-state index in [-0.39, 0.29) is 0 Å². The van der Waals surface area contributed by atoms with Crippen molar-refractivity contribution >= 4 is 38.4 Å². The molecule has 2 rings (SSSR count). The number of rotatable bonds is 6. The van der Waals surface area contributed by atoms with Crippen molar-refractivity contribution in [1.82, 2.24) is 29.9 Å². The molecule has 2 aromatic rings. The van der Waals surface area contributed by atoms with Gasteiger partial charge in [-0.2, -0.15) is 29.9 Å². The molecule has 0 spiro atoms. The minimum absolute atomic E-state index is 0.471. The maximum atomic E-state index is 6.40. The van der Waals surface area contributed by atoms with E-state index in [0.717, 1.165) is 0 Å². The third-order valence-corrected chi connectivity index (χ3v) is 3.67. The van der Waals surface area contributed by atoms with Crippen LogP contribution in [0.25, 0.3) is 0 Å². The van der Waals surface area contributed by atoms with Gasteiger partial charge in [0.1, 0.15) is 11.6 Å². The molecule has 0 unspecified atom stereocenters. The number of hydrogen-bond acceptors (Lipinski definition) is 10. The van der Waals surface area contributed by atoms with Crippen molar-refractivity contribution in [3.05, 3.63) is 11.6 Å². The summed E-state index contributed by atoms with van der Waals surface area (Å²) in [6.07, 6.45) is 0. The molecule has 0 aliphatic rings. The molecule has 2 radical (unpaired) electrons. The molecule has 2 heterocycles. The second-order valence-electron chi connectivity index (χ2n) is 6.39. The minimum atomic E-state index is -0.580. The zero-order chi connectivity index (χ0) is 19.6. The van der Waals surface area contributed by atoms with Crippen LogP contribution in [-0.2, 0) is 0 Å². The van der Waals surface area contributed by atoms with E-state index in [9.17, 15) is 0 Å². The Labute approximate surface area is 156 Å². The van der Waals surface area contributed by atoms with E-state index in [1.807, 2.05) is 65.9 Å². The Hall–Kier alpha value is -2.65. The molecule has 2 aromatic heterocycles. The highest BCUT2D eigenvalue weighted by Gasteiger charge is 2.25. The van der Waals surface area contributed by atoms with E-state index < -0.39 is 6.87 Å². The summed E-state index contributed by atoms with van der Waals surface area (Å²) in [6.45, 7) is 3.06. The van der Waals surface area contributed by atoms with Gasteiger partial charge in [0.2, 0.25) is 23.8 Å². The highest BCUT2D eigenvalue weighted by atomic mass is 15.4. The van der Waals surface area contributed by atoms with Crippen LogP contribution in [0.1, 0.15) is 11.6 Å². The Morgan fingerprint density at radius 1 is 0.577 bits per heavy atom. The van der Waals surface area contributed by atoms with E-state index in [2.05, 4.69) is 29.9 Å². The monoisotopic (exact) mass is 354 g/mol. The number of anilines is 4. The largest absolute Gasteiger partial charge is 0.375 e. The van der Waals surface area contributed by atoms with Crippen LogP contribution in [0, 0.1) is 13.8 Å². The first-order chi connectivity index (χ1) is 12.1. The summed E-state index contributed by atoms with van der Waals surface area (Å²) >= 11 is 0. The number of aryl methyl sites for hydroxylation is 2. The third-order valence-electron chi connectivity index (χ3n) is 3.67. The summed E-state index contributed by atoms with van der Waals surface area (Å²) in [6, 6.07) is 0. The first-order valence-electron chi connectivity index (χ1n) is 8.11. The second-order valence-corrected chi connectivity index (χ2v) is 6.39. The second kappa shape index (κ2) is 7.71. The van der Waals surface area contributed by atoms with Crippen LogP contribution < -0.4 is 19.4 Å². The molecule has 10 nitrogen and oxygen atoms in total. The van der Waals surface area contributed by atoms with Gasteiger partial charge < -0.3 is 19.4 Å². The Bertz CT molecular complexity index is 706. The standard InChI is InChI=1S/C14H24B2N10/c1-9-17-11(23(3)4)21-13(19-9)25(7)16(15)26(8)14-20-10(2)18-12(22-14)24(5)6/h1-8H3. The Morgan fingerprint density at radius 2 is 0.885 bits per heavy atom. The van der Waals surface area contributed by atoms with E-state index in [4.69, 9.17) is 7.74 Å². The quantitative estimate of drug-likeness (QED) is 0.634. The number of hydrogen-bond donors (Lipinski definition) is 0. The highest BCUT2D eigenvalue weighted by molar-refractivity contribution is 7.07. The van der Waals surface area contributed by atoms with Gasteiger partial charge in [-0.3, -0.25) is 0 Å². The van der Waals surface area contributed by atoms with Crippen molar-refractivity contribution in [2.75, 3.05) is 61.7 Å². The fourth-order valence-corrected chi connectivity index (χ4v) is 2.12. The van der Waals surface area contributed by atoms with Gasteiger partial charge in [-0.05, 0) is 27.9 Å². The maximum absolute atomic E-state index is 6.40. The molecular formula is C14H24B2N10. The Morgan fingerprint density at radius 3 is 1.19 bits per heavy atom. The van der Waals surface area contributed by atoms with Crippen molar-refractivity contribution in [1.29, 1.82) is 0 Å². The molecule has 0 N–H and O–H groups in total. The fourth-order valence-electron chi connectivity index (χ4n) is 2.12. The predicted molar refractivity (Wildman–Crippen MR) is 106 cm³/mol. The predicted octanol–water partition coefficient (Wildman–Crippen LogP) is -0.469. The van der Waals surface area contributed by atoms with Crippen LogP contribution in [0.2, 0.25) is 0 Å². The van der Waals surface area contributed by atoms with Gasteiger partial charge in [0.05, 0.1) is 7.74 Å². The average Bonchev–Trinajstić information content (AvgIpc) is 2.58. The van der Waals surface area contributed by atoms with E-state index >= 15 is 0 Å². The normalized spacial score (nSPS) is 10.5. The topological polar surface area (TPSA) is 90.3 Å². The lowest BCUT2D eigenvalue weighted by Crippen LogP contribution is -2.52. The molecule has 0 saturated heterocycles. The summed E-state index contributed by atoms with van der Waals surface area (Å²) in [5.41, 5.74) is 0. The fraction of sp³-hybridized carbons (Fsp3) is 0.571. The molecule has 0 aliphatic carbocycles. The summed E-state index contributed by atoms with van der Waals surface area (Å²) in [4.78, 5) is 33.4. The van der Waals surface area contributed by atoms with Crippen molar-refractivity contribution in [3.63, 3.8) is 0 Å². The Balaban J connectivity index is 2.32. The first-order valence-corrected chi connectivity index (χ1v) is 8.11. The van der Waals surface area contributed by atoms with Gasteiger partial charge in [0.25, 0.3) is 0 Å². The van der Waals surface area contributed by atoms with E-state index in [0.29, 0.717) is 35.4 Å². The smallest absolute Gasteiger partial charge is 0.315 e. The molecule has 26 heavy (non-hydrogen) atoms. The van der Waals surface area contributed by atoms with Gasteiger partial charge in [0, 0.05) is 28.2 Å². The number of nitrogens with zero attached hydrogens (tertiary/aromatic N) is 10. The average molecular weight is 354 g/mol. The summed E-state index contributed by atoms with van der Waals surface area (Å²) in [5.74, 6) is 3.32. The van der Waals surface area contributed by atoms with Crippen molar-refractivity contribution < 1.29 is 0 Å². The zero-order valence-corrected chi connectivity index (χ0v) is 16.6. The summed E-state index contributed by atoms with van der Waals surface area (Å²) in [7, 11) is 17.5. The third kappa shape index (κ3) is 4.30. The summed E-state index contributed by atoms with van der Waals surface area (Å²) < 4.78 is 0. The SMILES string of the molecule is [B]B(N(C)c1nc(C)nc(N(C)C)n1)N(C)c1nc(C)nc(N(C)C)n1. The van der Waals surface area contributed by atoms with Gasteiger partial charge in [-0.1, -0.05) is 0 Å². The molecular weight excluding hydrogens is 330 g/mol.